The predicted octanol–water partition coefficient (Wildman–Crippen LogP) is 2.68. The van der Waals surface area contributed by atoms with Crippen molar-refractivity contribution in [2.75, 3.05) is 5.32 Å². The molecule has 104 valence electrons. The summed E-state index contributed by atoms with van der Waals surface area (Å²) in [7, 11) is 1.68. The molecule has 0 aliphatic carbocycles. The van der Waals surface area contributed by atoms with Gasteiger partial charge in [-0.05, 0) is 18.2 Å². The first kappa shape index (κ1) is 14.4. The number of hydrogen-bond acceptors (Lipinski definition) is 3. The third kappa shape index (κ3) is 2.92. The van der Waals surface area contributed by atoms with Gasteiger partial charge in [-0.25, -0.2) is 4.79 Å². The number of carboxylic acid groups (broad SMARTS) is 1. The molecule has 2 rings (SSSR count). The van der Waals surface area contributed by atoms with Crippen molar-refractivity contribution < 1.29 is 14.7 Å². The van der Waals surface area contributed by atoms with Crippen molar-refractivity contribution in [2.45, 2.75) is 0 Å². The summed E-state index contributed by atoms with van der Waals surface area (Å²) >= 11 is 11.9. The molecule has 0 bridgehead atoms. The van der Waals surface area contributed by atoms with Crippen LogP contribution in [0.5, 0.6) is 0 Å². The Bertz CT molecular complexity index is 674. The topological polar surface area (TPSA) is 84.2 Å². The molecule has 0 unspecified atom stereocenters. The molecule has 2 N–H and O–H groups in total. The number of aromatic nitrogens is 2. The maximum absolute atomic E-state index is 11.9. The quantitative estimate of drug-likeness (QED) is 0.912. The standard InChI is InChI=1S/C12H9Cl2N3O3/c1-17-3-2-9(16-17)11(18)15-10-7(13)4-6(12(19)20)5-8(10)14/h2-5H,1H3,(H,15,18)(H,19,20). The molecular weight excluding hydrogens is 305 g/mol. The van der Waals surface area contributed by atoms with Crippen molar-refractivity contribution in [3.63, 3.8) is 0 Å². The Morgan fingerprint density at radius 3 is 2.35 bits per heavy atom. The lowest BCUT2D eigenvalue weighted by Crippen LogP contribution is -2.14. The van der Waals surface area contributed by atoms with Crippen LogP contribution in [0, 0.1) is 0 Å². The summed E-state index contributed by atoms with van der Waals surface area (Å²) in [6.07, 6.45) is 1.62. The second-order valence-electron chi connectivity index (χ2n) is 3.95. The molecule has 1 aromatic heterocycles. The zero-order valence-corrected chi connectivity index (χ0v) is 11.7. The summed E-state index contributed by atoms with van der Waals surface area (Å²) in [5.41, 5.74) is 0.284. The Balaban J connectivity index is 2.30. The Kier molecular flexibility index (Phi) is 3.96. The van der Waals surface area contributed by atoms with Crippen LogP contribution in [0.1, 0.15) is 20.8 Å². The van der Waals surface area contributed by atoms with E-state index in [-0.39, 0.29) is 27.0 Å². The number of aryl methyl sites for hydroxylation is 1. The van der Waals surface area contributed by atoms with Gasteiger partial charge in [0.05, 0.1) is 21.3 Å². The van der Waals surface area contributed by atoms with E-state index in [4.69, 9.17) is 28.3 Å². The normalized spacial score (nSPS) is 10.3. The van der Waals surface area contributed by atoms with Gasteiger partial charge in [-0.3, -0.25) is 9.48 Å². The lowest BCUT2D eigenvalue weighted by atomic mass is 10.2. The van der Waals surface area contributed by atoms with Gasteiger partial charge in [0.1, 0.15) is 0 Å². The van der Waals surface area contributed by atoms with E-state index in [2.05, 4.69) is 10.4 Å². The number of carbonyl (C=O) groups excluding carboxylic acids is 1. The third-order valence-corrected chi connectivity index (χ3v) is 3.07. The van der Waals surface area contributed by atoms with E-state index in [1.54, 1.807) is 13.2 Å². The van der Waals surface area contributed by atoms with Gasteiger partial charge in [-0.15, -0.1) is 0 Å². The average Bonchev–Trinajstić information content (AvgIpc) is 2.80. The Morgan fingerprint density at radius 1 is 1.30 bits per heavy atom. The van der Waals surface area contributed by atoms with E-state index in [1.807, 2.05) is 0 Å². The largest absolute Gasteiger partial charge is 0.478 e. The number of carbonyl (C=O) groups is 2. The minimum atomic E-state index is -1.16. The smallest absolute Gasteiger partial charge is 0.335 e. The number of nitrogens with zero attached hydrogens (tertiary/aromatic N) is 2. The number of carboxylic acids is 1. The number of hydrogen-bond donors (Lipinski definition) is 2. The van der Waals surface area contributed by atoms with E-state index in [9.17, 15) is 9.59 Å². The second kappa shape index (κ2) is 5.52. The van der Waals surface area contributed by atoms with Gasteiger partial charge >= 0.3 is 5.97 Å². The molecule has 0 spiro atoms. The van der Waals surface area contributed by atoms with Gasteiger partial charge in [0.25, 0.3) is 5.91 Å². The highest BCUT2D eigenvalue weighted by Crippen LogP contribution is 2.32. The highest BCUT2D eigenvalue weighted by atomic mass is 35.5. The van der Waals surface area contributed by atoms with Crippen LogP contribution in [0.25, 0.3) is 0 Å². The number of anilines is 1. The predicted molar refractivity (Wildman–Crippen MR) is 74.6 cm³/mol. The fourth-order valence-corrected chi connectivity index (χ4v) is 2.11. The molecule has 1 amide bonds. The molecule has 1 aromatic carbocycles. The summed E-state index contributed by atoms with van der Waals surface area (Å²) in [6.45, 7) is 0. The number of amides is 1. The Labute approximate surface area is 123 Å². The number of aromatic carboxylic acids is 1. The van der Waals surface area contributed by atoms with E-state index in [0.29, 0.717) is 0 Å². The van der Waals surface area contributed by atoms with Gasteiger partial charge in [-0.2, -0.15) is 5.10 Å². The van der Waals surface area contributed by atoms with Crippen LogP contribution in [0.2, 0.25) is 10.0 Å². The maximum atomic E-state index is 11.9. The van der Waals surface area contributed by atoms with Crippen molar-refractivity contribution in [2.24, 2.45) is 7.05 Å². The van der Waals surface area contributed by atoms with E-state index in [0.717, 1.165) is 0 Å². The molecule has 0 atom stereocenters. The second-order valence-corrected chi connectivity index (χ2v) is 4.76. The van der Waals surface area contributed by atoms with Crippen LogP contribution in [0.3, 0.4) is 0 Å². The molecule has 20 heavy (non-hydrogen) atoms. The molecule has 0 aliphatic heterocycles. The Morgan fingerprint density at radius 2 is 1.90 bits per heavy atom. The molecule has 0 saturated carbocycles. The lowest BCUT2D eigenvalue weighted by Gasteiger charge is -2.09. The highest BCUT2D eigenvalue weighted by molar-refractivity contribution is 6.40. The summed E-state index contributed by atoms with van der Waals surface area (Å²) in [5, 5.41) is 15.4. The summed E-state index contributed by atoms with van der Waals surface area (Å²) in [5.74, 6) is -1.64. The number of halogens is 2. The van der Waals surface area contributed by atoms with Crippen LogP contribution >= 0.6 is 23.2 Å². The molecule has 8 heteroatoms. The van der Waals surface area contributed by atoms with Crippen LogP contribution in [-0.4, -0.2) is 26.8 Å². The van der Waals surface area contributed by atoms with E-state index in [1.165, 1.54) is 22.9 Å². The van der Waals surface area contributed by atoms with Crippen LogP contribution < -0.4 is 5.32 Å². The van der Waals surface area contributed by atoms with Gasteiger partial charge < -0.3 is 10.4 Å². The minimum Gasteiger partial charge on any atom is -0.478 e. The number of benzene rings is 1. The van der Waals surface area contributed by atoms with Gasteiger partial charge in [0.15, 0.2) is 5.69 Å². The molecule has 1 heterocycles. The first-order valence-electron chi connectivity index (χ1n) is 5.42. The first-order valence-corrected chi connectivity index (χ1v) is 6.17. The maximum Gasteiger partial charge on any atom is 0.335 e. The SMILES string of the molecule is Cn1ccc(C(=O)Nc2c(Cl)cc(C(=O)O)cc2Cl)n1. The van der Waals surface area contributed by atoms with Crippen molar-refractivity contribution >= 4 is 40.8 Å². The molecule has 2 aromatic rings. The number of rotatable bonds is 3. The zero-order valence-electron chi connectivity index (χ0n) is 10.2. The first-order chi connectivity index (χ1) is 9.38. The van der Waals surface area contributed by atoms with Gasteiger partial charge in [0.2, 0.25) is 0 Å². The van der Waals surface area contributed by atoms with Crippen molar-refractivity contribution in [3.8, 4) is 0 Å². The van der Waals surface area contributed by atoms with Gasteiger partial charge in [0, 0.05) is 13.2 Å². The van der Waals surface area contributed by atoms with Crippen molar-refractivity contribution in [1.29, 1.82) is 0 Å². The minimum absolute atomic E-state index is 0.0409. The third-order valence-electron chi connectivity index (χ3n) is 2.47. The summed E-state index contributed by atoms with van der Waals surface area (Å²) in [4.78, 5) is 22.8. The van der Waals surface area contributed by atoms with Crippen LogP contribution in [0.15, 0.2) is 24.4 Å². The van der Waals surface area contributed by atoms with Crippen molar-refractivity contribution in [1.82, 2.24) is 9.78 Å². The monoisotopic (exact) mass is 313 g/mol. The summed E-state index contributed by atoms with van der Waals surface area (Å²) in [6, 6.07) is 3.95. The average molecular weight is 314 g/mol. The van der Waals surface area contributed by atoms with Gasteiger partial charge in [-0.1, -0.05) is 23.2 Å². The molecule has 6 nitrogen and oxygen atoms in total. The highest BCUT2D eigenvalue weighted by Gasteiger charge is 2.16. The molecule has 0 saturated heterocycles. The van der Waals surface area contributed by atoms with E-state index >= 15 is 0 Å². The van der Waals surface area contributed by atoms with Crippen LogP contribution in [0.4, 0.5) is 5.69 Å². The number of nitrogens with one attached hydrogen (secondary N) is 1. The zero-order chi connectivity index (χ0) is 14.9. The fraction of sp³-hybridized carbons (Fsp3) is 0.0833. The molecule has 0 fully saturated rings. The van der Waals surface area contributed by atoms with E-state index < -0.39 is 11.9 Å². The van der Waals surface area contributed by atoms with Crippen molar-refractivity contribution in [3.05, 3.63) is 45.7 Å². The molecule has 0 radical (unpaired) electrons. The molecular formula is C12H9Cl2N3O3. The summed E-state index contributed by atoms with van der Waals surface area (Å²) < 4.78 is 1.48. The van der Waals surface area contributed by atoms with Crippen LogP contribution in [-0.2, 0) is 7.05 Å². The molecule has 0 aliphatic rings. The Hall–Kier alpha value is -2.05. The fourth-order valence-electron chi connectivity index (χ4n) is 1.53. The lowest BCUT2D eigenvalue weighted by molar-refractivity contribution is 0.0696.